The van der Waals surface area contributed by atoms with Crippen molar-refractivity contribution in [2.75, 3.05) is 23.4 Å². The van der Waals surface area contributed by atoms with Crippen LogP contribution in [0.3, 0.4) is 0 Å². The van der Waals surface area contributed by atoms with Crippen molar-refractivity contribution in [1.29, 1.82) is 0 Å². The van der Waals surface area contributed by atoms with Gasteiger partial charge in [-0.3, -0.25) is 9.59 Å². The molecular weight excluding hydrogens is 439 g/mol. The summed E-state index contributed by atoms with van der Waals surface area (Å²) in [4.78, 5) is 38.6. The molecule has 0 aromatic heterocycles. The lowest BCUT2D eigenvalue weighted by molar-refractivity contribution is -0.122. The van der Waals surface area contributed by atoms with E-state index in [-0.39, 0.29) is 30.7 Å². The molecule has 0 saturated carbocycles. The minimum absolute atomic E-state index is 0.0802. The maximum atomic E-state index is 12.7. The van der Waals surface area contributed by atoms with E-state index in [2.05, 4.69) is 12.2 Å². The standard InChI is InChI=1S/C23H24Cl2N2O4/c1-2-3-4-11-31-23(30)15-5-8-18(9-6-15)26-22(29)16-12-21(28)27(14-16)20-13-17(24)7-10-19(20)25/h5-10,13,16H,2-4,11-12,14H2,1H3,(H,26,29)/t16-/m1/s1. The van der Waals surface area contributed by atoms with Crippen LogP contribution in [0.1, 0.15) is 43.0 Å². The van der Waals surface area contributed by atoms with E-state index in [1.807, 2.05) is 0 Å². The van der Waals surface area contributed by atoms with E-state index < -0.39 is 5.92 Å². The largest absolute Gasteiger partial charge is 0.462 e. The number of carbonyl (C=O) groups is 3. The van der Waals surface area contributed by atoms with Crippen LogP contribution >= 0.6 is 23.2 Å². The number of anilines is 2. The van der Waals surface area contributed by atoms with E-state index in [9.17, 15) is 14.4 Å². The monoisotopic (exact) mass is 462 g/mol. The number of nitrogens with one attached hydrogen (secondary N) is 1. The smallest absolute Gasteiger partial charge is 0.338 e. The SMILES string of the molecule is CCCCCOC(=O)c1ccc(NC(=O)[C@@H]2CC(=O)N(c3cc(Cl)ccc3Cl)C2)cc1. The van der Waals surface area contributed by atoms with Crippen LogP contribution in [0.2, 0.25) is 10.0 Å². The molecular formula is C23H24Cl2N2O4. The van der Waals surface area contributed by atoms with Gasteiger partial charge in [-0.1, -0.05) is 43.0 Å². The van der Waals surface area contributed by atoms with Crippen LogP contribution in [0.25, 0.3) is 0 Å². The first-order valence-corrected chi connectivity index (χ1v) is 11.0. The predicted octanol–water partition coefficient (Wildman–Crippen LogP) is 5.33. The second-order valence-corrected chi connectivity index (χ2v) is 8.25. The second-order valence-electron chi connectivity index (χ2n) is 7.41. The topological polar surface area (TPSA) is 75.7 Å². The van der Waals surface area contributed by atoms with Crippen molar-refractivity contribution in [3.63, 3.8) is 0 Å². The maximum Gasteiger partial charge on any atom is 0.338 e. The van der Waals surface area contributed by atoms with Gasteiger partial charge in [0.15, 0.2) is 0 Å². The molecule has 3 rings (SSSR count). The number of nitrogens with zero attached hydrogens (tertiary/aromatic N) is 1. The summed E-state index contributed by atoms with van der Waals surface area (Å²) >= 11 is 12.2. The molecule has 1 N–H and O–H groups in total. The molecule has 1 aliphatic rings. The van der Waals surface area contributed by atoms with Crippen LogP contribution < -0.4 is 10.2 Å². The number of hydrogen-bond donors (Lipinski definition) is 1. The summed E-state index contributed by atoms with van der Waals surface area (Å²) in [6, 6.07) is 11.4. The highest BCUT2D eigenvalue weighted by Crippen LogP contribution is 2.33. The molecule has 31 heavy (non-hydrogen) atoms. The minimum atomic E-state index is -0.522. The highest BCUT2D eigenvalue weighted by atomic mass is 35.5. The molecule has 164 valence electrons. The van der Waals surface area contributed by atoms with Crippen molar-refractivity contribution >= 4 is 52.4 Å². The van der Waals surface area contributed by atoms with E-state index in [0.29, 0.717) is 33.6 Å². The molecule has 1 atom stereocenters. The van der Waals surface area contributed by atoms with Gasteiger partial charge in [-0.05, 0) is 48.9 Å². The lowest BCUT2D eigenvalue weighted by Crippen LogP contribution is -2.28. The van der Waals surface area contributed by atoms with E-state index in [0.717, 1.165) is 19.3 Å². The van der Waals surface area contributed by atoms with Crippen molar-refractivity contribution in [2.24, 2.45) is 5.92 Å². The molecule has 0 spiro atoms. The third kappa shape index (κ3) is 5.99. The Labute approximate surface area is 191 Å². The van der Waals surface area contributed by atoms with Gasteiger partial charge in [0.25, 0.3) is 0 Å². The summed E-state index contributed by atoms with van der Waals surface area (Å²) < 4.78 is 5.23. The first kappa shape index (κ1) is 23.1. The van der Waals surface area contributed by atoms with Crippen molar-refractivity contribution in [3.8, 4) is 0 Å². The Morgan fingerprint density at radius 2 is 1.87 bits per heavy atom. The number of halogens is 2. The fourth-order valence-corrected chi connectivity index (χ4v) is 3.73. The van der Waals surface area contributed by atoms with E-state index >= 15 is 0 Å². The maximum absolute atomic E-state index is 12.7. The van der Waals surface area contributed by atoms with Gasteiger partial charge >= 0.3 is 5.97 Å². The molecule has 0 unspecified atom stereocenters. The van der Waals surface area contributed by atoms with Gasteiger partial charge in [0, 0.05) is 23.7 Å². The van der Waals surface area contributed by atoms with Gasteiger partial charge in [0.05, 0.1) is 28.8 Å². The molecule has 0 bridgehead atoms. The van der Waals surface area contributed by atoms with Crippen LogP contribution in [0.15, 0.2) is 42.5 Å². The number of ether oxygens (including phenoxy) is 1. The number of benzene rings is 2. The quantitative estimate of drug-likeness (QED) is 0.424. The second kappa shape index (κ2) is 10.6. The van der Waals surface area contributed by atoms with E-state index in [4.69, 9.17) is 27.9 Å². The summed E-state index contributed by atoms with van der Waals surface area (Å²) in [6.45, 7) is 2.70. The van der Waals surface area contributed by atoms with Gasteiger partial charge in [-0.15, -0.1) is 0 Å². The third-order valence-electron chi connectivity index (χ3n) is 5.06. The van der Waals surface area contributed by atoms with Gasteiger partial charge < -0.3 is 15.0 Å². The minimum Gasteiger partial charge on any atom is -0.462 e. The molecule has 2 aromatic rings. The molecule has 2 aromatic carbocycles. The fourth-order valence-electron chi connectivity index (χ4n) is 3.34. The lowest BCUT2D eigenvalue weighted by Gasteiger charge is -2.18. The van der Waals surface area contributed by atoms with Crippen LogP contribution in [0.4, 0.5) is 11.4 Å². The van der Waals surface area contributed by atoms with Crippen LogP contribution in [-0.4, -0.2) is 30.9 Å². The Morgan fingerprint density at radius 3 is 2.58 bits per heavy atom. The van der Waals surface area contributed by atoms with E-state index in [1.165, 1.54) is 4.90 Å². The first-order valence-electron chi connectivity index (χ1n) is 10.2. The molecule has 2 amide bonds. The lowest BCUT2D eigenvalue weighted by atomic mass is 10.1. The zero-order valence-electron chi connectivity index (χ0n) is 17.2. The van der Waals surface area contributed by atoms with Crippen molar-refractivity contribution in [2.45, 2.75) is 32.6 Å². The third-order valence-corrected chi connectivity index (χ3v) is 5.62. The number of esters is 1. The summed E-state index contributed by atoms with van der Waals surface area (Å²) in [6.07, 6.45) is 3.00. The average Bonchev–Trinajstić information content (AvgIpc) is 3.15. The Balaban J connectivity index is 1.57. The highest BCUT2D eigenvalue weighted by molar-refractivity contribution is 6.36. The Morgan fingerprint density at radius 1 is 1.13 bits per heavy atom. The first-order chi connectivity index (χ1) is 14.9. The van der Waals surface area contributed by atoms with Gasteiger partial charge in [0.2, 0.25) is 11.8 Å². The Hall–Kier alpha value is -2.57. The number of carbonyl (C=O) groups excluding carboxylic acids is 3. The zero-order valence-corrected chi connectivity index (χ0v) is 18.7. The predicted molar refractivity (Wildman–Crippen MR) is 122 cm³/mol. The number of hydrogen-bond acceptors (Lipinski definition) is 4. The van der Waals surface area contributed by atoms with Crippen LogP contribution in [0, 0.1) is 5.92 Å². The normalized spacial score (nSPS) is 15.8. The fraction of sp³-hybridized carbons (Fsp3) is 0.348. The molecule has 8 heteroatoms. The van der Waals surface area contributed by atoms with E-state index in [1.54, 1.807) is 42.5 Å². The summed E-state index contributed by atoms with van der Waals surface area (Å²) in [5, 5.41) is 3.66. The van der Waals surface area contributed by atoms with Crippen molar-refractivity contribution in [3.05, 3.63) is 58.1 Å². The van der Waals surface area contributed by atoms with Gasteiger partial charge in [0.1, 0.15) is 0 Å². The number of rotatable bonds is 8. The van der Waals surface area contributed by atoms with Gasteiger partial charge in [-0.25, -0.2) is 4.79 Å². The zero-order chi connectivity index (χ0) is 22.4. The Kier molecular flexibility index (Phi) is 7.93. The average molecular weight is 463 g/mol. The van der Waals surface area contributed by atoms with Crippen LogP contribution in [0.5, 0.6) is 0 Å². The van der Waals surface area contributed by atoms with Crippen LogP contribution in [-0.2, 0) is 14.3 Å². The molecule has 1 fully saturated rings. The Bertz CT molecular complexity index is 963. The number of unbranched alkanes of at least 4 members (excludes halogenated alkanes) is 2. The molecule has 6 nitrogen and oxygen atoms in total. The summed E-state index contributed by atoms with van der Waals surface area (Å²) in [7, 11) is 0. The molecule has 0 radical (unpaired) electrons. The molecule has 1 saturated heterocycles. The summed E-state index contributed by atoms with van der Waals surface area (Å²) in [5.41, 5.74) is 1.46. The molecule has 0 aliphatic carbocycles. The molecule has 1 aliphatic heterocycles. The van der Waals surface area contributed by atoms with Crippen molar-refractivity contribution < 1.29 is 19.1 Å². The van der Waals surface area contributed by atoms with Gasteiger partial charge in [-0.2, -0.15) is 0 Å². The number of amides is 2. The van der Waals surface area contributed by atoms with Crippen molar-refractivity contribution in [1.82, 2.24) is 0 Å². The highest BCUT2D eigenvalue weighted by Gasteiger charge is 2.36. The summed E-state index contributed by atoms with van der Waals surface area (Å²) in [5.74, 6) is -1.37. The molecule has 1 heterocycles.